The van der Waals surface area contributed by atoms with Crippen LogP contribution in [0.25, 0.3) is 0 Å². The van der Waals surface area contributed by atoms with Gasteiger partial charge in [0.2, 0.25) is 5.91 Å². The number of urea groups is 1. The van der Waals surface area contributed by atoms with E-state index in [0.29, 0.717) is 30.6 Å². The van der Waals surface area contributed by atoms with E-state index >= 15 is 0 Å². The van der Waals surface area contributed by atoms with Crippen LogP contribution in [-0.4, -0.2) is 24.5 Å². The summed E-state index contributed by atoms with van der Waals surface area (Å²) >= 11 is 0. The number of hydrogen-bond acceptors (Lipinski definition) is 3. The van der Waals surface area contributed by atoms with Crippen molar-refractivity contribution < 1.29 is 9.59 Å². The summed E-state index contributed by atoms with van der Waals surface area (Å²) in [5, 5.41) is 17.4. The lowest BCUT2D eigenvalue weighted by molar-refractivity contribution is -0.122. The lowest BCUT2D eigenvalue weighted by Gasteiger charge is -2.19. The molecule has 0 fully saturated rings. The van der Waals surface area contributed by atoms with Gasteiger partial charge in [0.1, 0.15) is 6.04 Å². The first-order valence-corrected chi connectivity index (χ1v) is 10.1. The van der Waals surface area contributed by atoms with E-state index in [2.05, 4.69) is 16.0 Å². The molecule has 6 heteroatoms. The molecule has 0 aliphatic rings. The highest BCUT2D eigenvalue weighted by Crippen LogP contribution is 2.10. The van der Waals surface area contributed by atoms with E-state index in [1.807, 2.05) is 66.7 Å². The minimum Gasteiger partial charge on any atom is -0.354 e. The van der Waals surface area contributed by atoms with Gasteiger partial charge in [0.05, 0.1) is 11.6 Å². The third-order valence-electron chi connectivity index (χ3n) is 4.71. The quantitative estimate of drug-likeness (QED) is 0.527. The molecule has 0 aliphatic carbocycles. The number of nitrogens with one attached hydrogen (secondary N) is 3. The molecule has 1 atom stereocenters. The molecule has 31 heavy (non-hydrogen) atoms. The SMILES string of the molecule is N#Cc1cccc(NC(=O)NC(Cc2ccccc2)C(=O)NCCc2ccccc2)c1. The number of amides is 3. The van der Waals surface area contributed by atoms with Crippen molar-refractivity contribution in [2.24, 2.45) is 0 Å². The average molecular weight is 412 g/mol. The number of nitriles is 1. The molecule has 0 saturated carbocycles. The van der Waals surface area contributed by atoms with Crippen LogP contribution >= 0.6 is 0 Å². The fourth-order valence-corrected chi connectivity index (χ4v) is 3.15. The first kappa shape index (κ1) is 21.6. The van der Waals surface area contributed by atoms with Crippen molar-refractivity contribution in [3.63, 3.8) is 0 Å². The Bertz CT molecular complexity index is 1050. The maximum atomic E-state index is 12.8. The van der Waals surface area contributed by atoms with Crippen molar-refractivity contribution in [1.82, 2.24) is 10.6 Å². The summed E-state index contributed by atoms with van der Waals surface area (Å²) in [4.78, 5) is 25.4. The molecule has 0 saturated heterocycles. The molecule has 3 aromatic rings. The molecule has 0 aliphatic heterocycles. The Balaban J connectivity index is 1.62. The summed E-state index contributed by atoms with van der Waals surface area (Å²) in [6, 6.07) is 26.8. The molecule has 1 unspecified atom stereocenters. The number of rotatable bonds is 8. The normalized spacial score (nSPS) is 11.1. The Morgan fingerprint density at radius 1 is 0.871 bits per heavy atom. The average Bonchev–Trinajstić information content (AvgIpc) is 2.80. The summed E-state index contributed by atoms with van der Waals surface area (Å²) in [6.07, 6.45) is 1.07. The van der Waals surface area contributed by atoms with Gasteiger partial charge in [-0.1, -0.05) is 66.7 Å². The van der Waals surface area contributed by atoms with Crippen molar-refractivity contribution >= 4 is 17.6 Å². The van der Waals surface area contributed by atoms with Crippen LogP contribution < -0.4 is 16.0 Å². The van der Waals surface area contributed by atoms with Crippen molar-refractivity contribution in [2.45, 2.75) is 18.9 Å². The Labute approximate surface area is 181 Å². The van der Waals surface area contributed by atoms with Gasteiger partial charge >= 0.3 is 6.03 Å². The Morgan fingerprint density at radius 2 is 1.55 bits per heavy atom. The van der Waals surface area contributed by atoms with Crippen molar-refractivity contribution in [1.29, 1.82) is 5.26 Å². The second-order valence-corrected chi connectivity index (χ2v) is 7.06. The molecule has 0 bridgehead atoms. The Kier molecular flexibility index (Phi) is 7.78. The van der Waals surface area contributed by atoms with Crippen LogP contribution in [0.1, 0.15) is 16.7 Å². The number of anilines is 1. The van der Waals surface area contributed by atoms with E-state index in [1.54, 1.807) is 24.3 Å². The highest BCUT2D eigenvalue weighted by atomic mass is 16.2. The van der Waals surface area contributed by atoms with Gasteiger partial charge < -0.3 is 16.0 Å². The van der Waals surface area contributed by atoms with Gasteiger partial charge in [0, 0.05) is 18.7 Å². The molecule has 0 heterocycles. The first-order valence-electron chi connectivity index (χ1n) is 10.1. The summed E-state index contributed by atoms with van der Waals surface area (Å²) in [5.74, 6) is -0.249. The monoisotopic (exact) mass is 412 g/mol. The van der Waals surface area contributed by atoms with Crippen molar-refractivity contribution in [3.05, 3.63) is 102 Å². The van der Waals surface area contributed by atoms with E-state index in [0.717, 1.165) is 11.1 Å². The van der Waals surface area contributed by atoms with Crippen LogP contribution in [0.5, 0.6) is 0 Å². The smallest absolute Gasteiger partial charge is 0.319 e. The van der Waals surface area contributed by atoms with Gasteiger partial charge in [0.15, 0.2) is 0 Å². The lowest BCUT2D eigenvalue weighted by Crippen LogP contribution is -2.49. The number of hydrogen-bond donors (Lipinski definition) is 3. The van der Waals surface area contributed by atoms with Crippen LogP contribution in [0.2, 0.25) is 0 Å². The zero-order valence-corrected chi connectivity index (χ0v) is 17.0. The standard InChI is InChI=1S/C25H24N4O2/c26-18-21-12-7-13-22(16-21)28-25(31)29-23(17-20-10-5-2-6-11-20)24(30)27-15-14-19-8-3-1-4-9-19/h1-13,16,23H,14-15,17H2,(H,27,30)(H2,28,29,31). The molecule has 3 aromatic carbocycles. The maximum Gasteiger partial charge on any atom is 0.319 e. The van der Waals surface area contributed by atoms with Gasteiger partial charge in [0.25, 0.3) is 0 Å². The van der Waals surface area contributed by atoms with E-state index in [4.69, 9.17) is 5.26 Å². The number of benzene rings is 3. The molecule has 0 aromatic heterocycles. The van der Waals surface area contributed by atoms with E-state index in [1.165, 1.54) is 0 Å². The second-order valence-electron chi connectivity index (χ2n) is 7.06. The first-order chi connectivity index (χ1) is 15.1. The van der Waals surface area contributed by atoms with Crippen molar-refractivity contribution in [3.8, 4) is 6.07 Å². The third kappa shape index (κ3) is 7.02. The van der Waals surface area contributed by atoms with Crippen LogP contribution in [-0.2, 0) is 17.6 Å². The second kappa shape index (κ2) is 11.2. The summed E-state index contributed by atoms with van der Waals surface area (Å²) in [7, 11) is 0. The van der Waals surface area contributed by atoms with Crippen LogP contribution in [0.4, 0.5) is 10.5 Å². The molecule has 0 radical (unpaired) electrons. The van der Waals surface area contributed by atoms with E-state index < -0.39 is 12.1 Å². The highest BCUT2D eigenvalue weighted by molar-refractivity contribution is 5.94. The van der Waals surface area contributed by atoms with Crippen LogP contribution in [0.3, 0.4) is 0 Å². The zero-order chi connectivity index (χ0) is 21.9. The van der Waals surface area contributed by atoms with Gasteiger partial charge in [-0.25, -0.2) is 4.79 Å². The van der Waals surface area contributed by atoms with Gasteiger partial charge in [-0.05, 0) is 35.7 Å². The van der Waals surface area contributed by atoms with E-state index in [-0.39, 0.29) is 5.91 Å². The zero-order valence-electron chi connectivity index (χ0n) is 17.0. The third-order valence-corrected chi connectivity index (χ3v) is 4.71. The van der Waals surface area contributed by atoms with E-state index in [9.17, 15) is 9.59 Å². The fourth-order valence-electron chi connectivity index (χ4n) is 3.15. The number of nitrogens with zero attached hydrogens (tertiary/aromatic N) is 1. The minimum absolute atomic E-state index is 0.249. The molecule has 0 spiro atoms. The lowest BCUT2D eigenvalue weighted by atomic mass is 10.1. The summed E-state index contributed by atoms with van der Waals surface area (Å²) in [6.45, 7) is 0.474. The number of carbonyl (C=O) groups is 2. The summed E-state index contributed by atoms with van der Waals surface area (Å²) in [5.41, 5.74) is 3.00. The molecular weight excluding hydrogens is 388 g/mol. The Hall–Kier alpha value is -4.11. The molecule has 156 valence electrons. The molecule has 3 amide bonds. The maximum absolute atomic E-state index is 12.8. The molecule has 3 N–H and O–H groups in total. The highest BCUT2D eigenvalue weighted by Gasteiger charge is 2.21. The number of carbonyl (C=O) groups excluding carboxylic acids is 2. The van der Waals surface area contributed by atoms with Crippen LogP contribution in [0.15, 0.2) is 84.9 Å². The predicted molar refractivity (Wildman–Crippen MR) is 120 cm³/mol. The van der Waals surface area contributed by atoms with Crippen molar-refractivity contribution in [2.75, 3.05) is 11.9 Å². The van der Waals surface area contributed by atoms with Crippen LogP contribution in [0, 0.1) is 11.3 Å². The topological polar surface area (TPSA) is 94.0 Å². The Morgan fingerprint density at radius 3 is 2.23 bits per heavy atom. The predicted octanol–water partition coefficient (Wildman–Crippen LogP) is 3.65. The minimum atomic E-state index is -0.739. The fraction of sp³-hybridized carbons (Fsp3) is 0.160. The molecule has 3 rings (SSSR count). The summed E-state index contributed by atoms with van der Waals surface area (Å²) < 4.78 is 0. The van der Waals surface area contributed by atoms with Gasteiger partial charge in [-0.2, -0.15) is 5.26 Å². The molecular formula is C25H24N4O2. The van der Waals surface area contributed by atoms with Gasteiger partial charge in [-0.15, -0.1) is 0 Å². The van der Waals surface area contributed by atoms with Gasteiger partial charge in [-0.3, -0.25) is 4.79 Å². The molecule has 6 nitrogen and oxygen atoms in total. The largest absolute Gasteiger partial charge is 0.354 e.